The Hall–Kier alpha value is -2.10. The molecule has 0 amide bonds. The summed E-state index contributed by atoms with van der Waals surface area (Å²) in [5.41, 5.74) is 2.54. The molecule has 0 atom stereocenters. The zero-order valence-corrected chi connectivity index (χ0v) is 9.70. The maximum atomic E-state index is 12.9. The van der Waals surface area contributed by atoms with Gasteiger partial charge in [-0.3, -0.25) is 0 Å². The topological polar surface area (TPSA) is 34.1 Å². The van der Waals surface area contributed by atoms with Crippen molar-refractivity contribution in [3.8, 4) is 5.75 Å². The molecular weight excluding hydrogens is 219 g/mol. The fourth-order valence-corrected chi connectivity index (χ4v) is 1.56. The average Bonchev–Trinajstić information content (AvgIpc) is 2.29. The van der Waals surface area contributed by atoms with Crippen LogP contribution in [0.4, 0.5) is 15.8 Å². The Bertz CT molecular complexity index is 529. The Labute approximate surface area is 99.3 Å². The van der Waals surface area contributed by atoms with E-state index in [0.717, 1.165) is 11.3 Å². The summed E-state index contributed by atoms with van der Waals surface area (Å²) in [5, 5.41) is 3.10. The summed E-state index contributed by atoms with van der Waals surface area (Å²) in [5.74, 6) is 0.203. The monoisotopic (exact) mass is 232 g/mol. The molecule has 0 radical (unpaired) electrons. The van der Waals surface area contributed by atoms with Crippen molar-refractivity contribution in [2.75, 3.05) is 12.4 Å². The Morgan fingerprint density at radius 3 is 2.76 bits per heavy atom. The highest BCUT2D eigenvalue weighted by Crippen LogP contribution is 2.28. The van der Waals surface area contributed by atoms with Gasteiger partial charge in [-0.05, 0) is 30.7 Å². The number of anilines is 2. The van der Waals surface area contributed by atoms with Gasteiger partial charge in [-0.25, -0.2) is 4.98 Å². The summed E-state index contributed by atoms with van der Waals surface area (Å²) in [6.45, 7) is 1.98. The highest BCUT2D eigenvalue weighted by atomic mass is 19.1. The number of rotatable bonds is 3. The van der Waals surface area contributed by atoms with Crippen molar-refractivity contribution in [3.05, 3.63) is 48.0 Å². The van der Waals surface area contributed by atoms with E-state index in [0.29, 0.717) is 11.4 Å². The van der Waals surface area contributed by atoms with E-state index in [4.69, 9.17) is 4.74 Å². The predicted molar refractivity (Wildman–Crippen MR) is 65.2 cm³/mol. The van der Waals surface area contributed by atoms with E-state index >= 15 is 0 Å². The van der Waals surface area contributed by atoms with E-state index in [1.54, 1.807) is 13.2 Å². The highest BCUT2D eigenvalue weighted by molar-refractivity contribution is 5.66. The van der Waals surface area contributed by atoms with Crippen LogP contribution in [-0.4, -0.2) is 12.1 Å². The third kappa shape index (κ3) is 2.72. The van der Waals surface area contributed by atoms with Gasteiger partial charge in [0.05, 0.1) is 12.8 Å². The van der Waals surface area contributed by atoms with Gasteiger partial charge in [0.2, 0.25) is 5.95 Å². The number of ether oxygens (including phenoxy) is 1. The molecule has 0 bridgehead atoms. The summed E-state index contributed by atoms with van der Waals surface area (Å²) in [6.07, 6.45) is 1.42. The molecule has 1 N–H and O–H groups in total. The third-order valence-corrected chi connectivity index (χ3v) is 2.36. The predicted octanol–water partition coefficient (Wildman–Crippen LogP) is 3.28. The summed E-state index contributed by atoms with van der Waals surface area (Å²) in [4.78, 5) is 3.50. The van der Waals surface area contributed by atoms with Crippen LogP contribution in [0.15, 0.2) is 36.5 Å². The van der Waals surface area contributed by atoms with Crippen molar-refractivity contribution >= 4 is 11.4 Å². The van der Waals surface area contributed by atoms with Gasteiger partial charge >= 0.3 is 0 Å². The van der Waals surface area contributed by atoms with Crippen LogP contribution in [0.3, 0.4) is 0 Å². The maximum absolute atomic E-state index is 12.9. The lowest BCUT2D eigenvalue weighted by Crippen LogP contribution is -1.96. The second kappa shape index (κ2) is 4.82. The Kier molecular flexibility index (Phi) is 3.23. The van der Waals surface area contributed by atoms with Crippen LogP contribution < -0.4 is 10.1 Å². The van der Waals surface area contributed by atoms with Crippen molar-refractivity contribution in [2.24, 2.45) is 0 Å². The molecule has 0 saturated heterocycles. The molecule has 1 heterocycles. The van der Waals surface area contributed by atoms with Gasteiger partial charge in [0.25, 0.3) is 0 Å². The lowest BCUT2D eigenvalue weighted by atomic mass is 10.2. The molecule has 0 fully saturated rings. The Morgan fingerprint density at radius 1 is 1.24 bits per heavy atom. The SMILES string of the molecule is COc1ccc(C)cc1Nc1ccnc(F)c1. The molecule has 4 heteroatoms. The number of aryl methyl sites for hydroxylation is 1. The fourth-order valence-electron chi connectivity index (χ4n) is 1.56. The number of benzene rings is 1. The number of nitrogens with zero attached hydrogens (tertiary/aromatic N) is 1. The zero-order valence-electron chi connectivity index (χ0n) is 9.70. The Morgan fingerprint density at radius 2 is 2.06 bits per heavy atom. The molecule has 0 aliphatic heterocycles. The van der Waals surface area contributed by atoms with Crippen molar-refractivity contribution in [1.29, 1.82) is 0 Å². The second-order valence-electron chi connectivity index (χ2n) is 3.70. The largest absolute Gasteiger partial charge is 0.495 e. The molecule has 0 aliphatic carbocycles. The van der Waals surface area contributed by atoms with Gasteiger partial charge in [-0.1, -0.05) is 6.07 Å². The Balaban J connectivity index is 2.32. The van der Waals surface area contributed by atoms with E-state index in [-0.39, 0.29) is 0 Å². The lowest BCUT2D eigenvalue weighted by Gasteiger charge is -2.11. The quantitative estimate of drug-likeness (QED) is 0.824. The molecule has 0 saturated carbocycles. The van der Waals surface area contributed by atoms with Crippen LogP contribution in [-0.2, 0) is 0 Å². The zero-order chi connectivity index (χ0) is 12.3. The molecule has 0 aliphatic rings. The van der Waals surface area contributed by atoms with Crippen LogP contribution in [0.25, 0.3) is 0 Å². The molecule has 0 unspecified atom stereocenters. The number of halogens is 1. The van der Waals surface area contributed by atoms with Gasteiger partial charge in [0.15, 0.2) is 0 Å². The minimum atomic E-state index is -0.512. The van der Waals surface area contributed by atoms with Gasteiger partial charge in [-0.2, -0.15) is 4.39 Å². The first-order valence-corrected chi connectivity index (χ1v) is 5.22. The lowest BCUT2D eigenvalue weighted by molar-refractivity contribution is 0.416. The number of methoxy groups -OCH3 is 1. The van der Waals surface area contributed by atoms with Crippen LogP contribution in [0.1, 0.15) is 5.56 Å². The number of nitrogens with one attached hydrogen (secondary N) is 1. The number of aromatic nitrogens is 1. The van der Waals surface area contributed by atoms with Crippen LogP contribution in [0.2, 0.25) is 0 Å². The number of hydrogen-bond donors (Lipinski definition) is 1. The minimum absolute atomic E-state index is 0.512. The summed E-state index contributed by atoms with van der Waals surface area (Å²) < 4.78 is 18.2. The summed E-state index contributed by atoms with van der Waals surface area (Å²) in [6, 6.07) is 8.80. The van der Waals surface area contributed by atoms with Crippen LogP contribution >= 0.6 is 0 Å². The smallest absolute Gasteiger partial charge is 0.214 e. The molecule has 2 rings (SSSR count). The van der Waals surface area contributed by atoms with Gasteiger partial charge in [0, 0.05) is 18.0 Å². The molecule has 2 aromatic rings. The summed E-state index contributed by atoms with van der Waals surface area (Å²) in [7, 11) is 1.60. The van der Waals surface area contributed by atoms with Crippen molar-refractivity contribution < 1.29 is 9.13 Å². The normalized spacial score (nSPS) is 10.1. The fraction of sp³-hybridized carbons (Fsp3) is 0.154. The molecular formula is C13H13FN2O. The first kappa shape index (κ1) is 11.4. The van der Waals surface area contributed by atoms with Gasteiger partial charge in [-0.15, -0.1) is 0 Å². The second-order valence-corrected chi connectivity index (χ2v) is 3.70. The van der Waals surface area contributed by atoms with Gasteiger partial charge < -0.3 is 10.1 Å². The number of hydrogen-bond acceptors (Lipinski definition) is 3. The van der Waals surface area contributed by atoms with E-state index in [1.165, 1.54) is 12.3 Å². The van der Waals surface area contributed by atoms with Crippen molar-refractivity contribution in [3.63, 3.8) is 0 Å². The standard InChI is InChI=1S/C13H13FN2O/c1-9-3-4-12(17-2)11(7-9)16-10-5-6-15-13(14)8-10/h3-8H,1-2H3,(H,15,16). The highest BCUT2D eigenvalue weighted by Gasteiger charge is 2.04. The molecule has 0 spiro atoms. The van der Waals surface area contributed by atoms with Crippen molar-refractivity contribution in [2.45, 2.75) is 6.92 Å². The molecule has 1 aromatic heterocycles. The van der Waals surface area contributed by atoms with E-state index < -0.39 is 5.95 Å². The van der Waals surface area contributed by atoms with Crippen LogP contribution in [0, 0.1) is 12.9 Å². The molecule has 88 valence electrons. The molecule has 3 nitrogen and oxygen atoms in total. The minimum Gasteiger partial charge on any atom is -0.495 e. The van der Waals surface area contributed by atoms with Crippen molar-refractivity contribution in [1.82, 2.24) is 4.98 Å². The van der Waals surface area contributed by atoms with E-state index in [1.807, 2.05) is 25.1 Å². The third-order valence-electron chi connectivity index (χ3n) is 2.36. The first-order valence-electron chi connectivity index (χ1n) is 5.22. The van der Waals surface area contributed by atoms with E-state index in [9.17, 15) is 4.39 Å². The average molecular weight is 232 g/mol. The van der Waals surface area contributed by atoms with Crippen LogP contribution in [0.5, 0.6) is 5.75 Å². The number of pyridine rings is 1. The first-order chi connectivity index (χ1) is 8.19. The van der Waals surface area contributed by atoms with Gasteiger partial charge in [0.1, 0.15) is 5.75 Å². The van der Waals surface area contributed by atoms with E-state index in [2.05, 4.69) is 10.3 Å². The molecule has 1 aromatic carbocycles. The molecule has 17 heavy (non-hydrogen) atoms. The maximum Gasteiger partial charge on any atom is 0.214 e. The summed E-state index contributed by atoms with van der Waals surface area (Å²) >= 11 is 0.